The second-order valence-electron chi connectivity index (χ2n) is 5.25. The molecule has 0 spiro atoms. The zero-order chi connectivity index (χ0) is 16.8. The van der Waals surface area contributed by atoms with Crippen LogP contribution in [0.2, 0.25) is 0 Å². The molecule has 0 heterocycles. The smallest absolute Gasteiger partial charge is 0.508 e. The molecule has 0 radical (unpaired) electrons. The van der Waals surface area contributed by atoms with Crippen molar-refractivity contribution in [3.05, 3.63) is 90.0 Å². The predicted molar refractivity (Wildman–Crippen MR) is 90.4 cm³/mol. The Morgan fingerprint density at radius 3 is 1.79 bits per heavy atom. The van der Waals surface area contributed by atoms with Crippen LogP contribution in [-0.2, 0) is 6.42 Å². The second-order valence-corrected chi connectivity index (χ2v) is 5.25. The molecule has 0 unspecified atom stereocenters. The van der Waals surface area contributed by atoms with E-state index in [9.17, 15) is 9.90 Å². The molecule has 0 aromatic heterocycles. The Hall–Kier alpha value is -3.27. The van der Waals surface area contributed by atoms with Crippen molar-refractivity contribution in [1.82, 2.24) is 0 Å². The van der Waals surface area contributed by atoms with Crippen LogP contribution in [0.3, 0.4) is 0 Å². The molecule has 0 aliphatic heterocycles. The molecule has 0 saturated carbocycles. The number of phenolic OH excluding ortho intramolecular Hbond substituents is 1. The minimum absolute atomic E-state index is 0.249. The summed E-state index contributed by atoms with van der Waals surface area (Å²) in [5, 5.41) is 9.29. The van der Waals surface area contributed by atoms with E-state index in [4.69, 9.17) is 9.47 Å². The number of carbonyl (C=O) groups is 1. The number of benzene rings is 3. The van der Waals surface area contributed by atoms with E-state index in [1.165, 1.54) is 0 Å². The van der Waals surface area contributed by atoms with Crippen molar-refractivity contribution in [1.29, 1.82) is 0 Å². The maximum atomic E-state index is 11.7. The minimum Gasteiger partial charge on any atom is -0.508 e. The number of hydrogen-bond donors (Lipinski definition) is 1. The lowest BCUT2D eigenvalue weighted by atomic mass is 10.0. The van der Waals surface area contributed by atoms with E-state index in [0.29, 0.717) is 11.5 Å². The van der Waals surface area contributed by atoms with Gasteiger partial charge in [0.25, 0.3) is 0 Å². The Balaban J connectivity index is 1.58. The topological polar surface area (TPSA) is 55.8 Å². The fourth-order valence-corrected chi connectivity index (χ4v) is 2.23. The zero-order valence-corrected chi connectivity index (χ0v) is 12.9. The van der Waals surface area contributed by atoms with Gasteiger partial charge >= 0.3 is 6.16 Å². The largest absolute Gasteiger partial charge is 0.519 e. The van der Waals surface area contributed by atoms with Crippen LogP contribution in [0.1, 0.15) is 11.1 Å². The highest BCUT2D eigenvalue weighted by atomic mass is 16.7. The lowest BCUT2D eigenvalue weighted by Gasteiger charge is -2.07. The van der Waals surface area contributed by atoms with E-state index in [0.717, 1.165) is 17.5 Å². The Morgan fingerprint density at radius 2 is 1.21 bits per heavy atom. The molecule has 4 nitrogen and oxygen atoms in total. The number of ether oxygens (including phenoxy) is 2. The fraction of sp³-hybridized carbons (Fsp3) is 0.0500. The van der Waals surface area contributed by atoms with Crippen LogP contribution in [0.5, 0.6) is 17.2 Å². The third-order valence-electron chi connectivity index (χ3n) is 3.41. The number of phenols is 1. The third kappa shape index (κ3) is 4.36. The van der Waals surface area contributed by atoms with Gasteiger partial charge < -0.3 is 14.6 Å². The maximum absolute atomic E-state index is 11.7. The average molecular weight is 320 g/mol. The summed E-state index contributed by atoms with van der Waals surface area (Å²) in [4.78, 5) is 11.7. The summed E-state index contributed by atoms with van der Waals surface area (Å²) in [5.74, 6) is 1.11. The first-order valence-electron chi connectivity index (χ1n) is 7.50. The minimum atomic E-state index is -0.771. The standard InChI is InChI=1S/C20H16O4/c21-17-10-6-15(7-11-17)14-16-8-12-19(13-9-16)24-20(22)23-18-4-2-1-3-5-18/h1-13,21H,14H2. The van der Waals surface area contributed by atoms with E-state index in [2.05, 4.69) is 0 Å². The monoisotopic (exact) mass is 320 g/mol. The van der Waals surface area contributed by atoms with Gasteiger partial charge in [0.2, 0.25) is 0 Å². The number of rotatable bonds is 4. The molecule has 0 amide bonds. The summed E-state index contributed by atoms with van der Waals surface area (Å²) >= 11 is 0. The van der Waals surface area contributed by atoms with Gasteiger partial charge in [-0.1, -0.05) is 42.5 Å². The van der Waals surface area contributed by atoms with E-state index in [1.807, 2.05) is 30.3 Å². The van der Waals surface area contributed by atoms with E-state index < -0.39 is 6.16 Å². The quantitative estimate of drug-likeness (QED) is 0.565. The summed E-state index contributed by atoms with van der Waals surface area (Å²) in [6.07, 6.45) is -0.0397. The molecular weight excluding hydrogens is 304 g/mol. The van der Waals surface area contributed by atoms with Gasteiger partial charge in [0.15, 0.2) is 0 Å². The molecule has 120 valence electrons. The van der Waals surface area contributed by atoms with Crippen LogP contribution in [-0.4, -0.2) is 11.3 Å². The van der Waals surface area contributed by atoms with Gasteiger partial charge in [-0.25, -0.2) is 4.79 Å². The van der Waals surface area contributed by atoms with Crippen molar-refractivity contribution in [2.45, 2.75) is 6.42 Å². The highest BCUT2D eigenvalue weighted by Crippen LogP contribution is 2.18. The van der Waals surface area contributed by atoms with Gasteiger partial charge in [0.05, 0.1) is 0 Å². The van der Waals surface area contributed by atoms with Crippen LogP contribution in [0.25, 0.3) is 0 Å². The Labute approximate surface area is 139 Å². The van der Waals surface area contributed by atoms with Crippen molar-refractivity contribution < 1.29 is 19.4 Å². The van der Waals surface area contributed by atoms with Crippen molar-refractivity contribution in [3.63, 3.8) is 0 Å². The van der Waals surface area contributed by atoms with Crippen LogP contribution in [0.4, 0.5) is 4.79 Å². The van der Waals surface area contributed by atoms with E-state index in [1.54, 1.807) is 48.5 Å². The SMILES string of the molecule is O=C(Oc1ccccc1)Oc1ccc(Cc2ccc(O)cc2)cc1. The number of hydrogen-bond acceptors (Lipinski definition) is 4. The third-order valence-corrected chi connectivity index (χ3v) is 3.41. The van der Waals surface area contributed by atoms with Gasteiger partial charge in [-0.15, -0.1) is 0 Å². The molecule has 4 heteroatoms. The van der Waals surface area contributed by atoms with E-state index >= 15 is 0 Å². The lowest BCUT2D eigenvalue weighted by molar-refractivity contribution is 0.152. The molecule has 0 atom stereocenters. The first kappa shape index (κ1) is 15.6. The van der Waals surface area contributed by atoms with Gasteiger partial charge in [0, 0.05) is 0 Å². The highest BCUT2D eigenvalue weighted by Gasteiger charge is 2.07. The first-order chi connectivity index (χ1) is 11.7. The van der Waals surface area contributed by atoms with Gasteiger partial charge in [0.1, 0.15) is 17.2 Å². The Morgan fingerprint density at radius 1 is 0.708 bits per heavy atom. The highest BCUT2D eigenvalue weighted by molar-refractivity contribution is 5.67. The Bertz CT molecular complexity index is 793. The van der Waals surface area contributed by atoms with Crippen LogP contribution in [0, 0.1) is 0 Å². The molecule has 3 rings (SSSR count). The molecule has 24 heavy (non-hydrogen) atoms. The van der Waals surface area contributed by atoms with Gasteiger partial charge in [-0.2, -0.15) is 0 Å². The lowest BCUT2D eigenvalue weighted by Crippen LogP contribution is -2.13. The number of carbonyl (C=O) groups excluding carboxylic acids is 1. The fourth-order valence-electron chi connectivity index (χ4n) is 2.23. The van der Waals surface area contributed by atoms with Crippen LogP contribution < -0.4 is 9.47 Å². The summed E-state index contributed by atoms with van der Waals surface area (Å²) in [7, 11) is 0. The molecule has 0 aliphatic carbocycles. The Kier molecular flexibility index (Phi) is 4.77. The van der Waals surface area contributed by atoms with Crippen molar-refractivity contribution in [3.8, 4) is 17.2 Å². The first-order valence-corrected chi connectivity index (χ1v) is 7.50. The average Bonchev–Trinajstić information content (AvgIpc) is 2.59. The molecular formula is C20H16O4. The summed E-state index contributed by atoms with van der Waals surface area (Å²) < 4.78 is 10.2. The maximum Gasteiger partial charge on any atom is 0.519 e. The molecule has 0 bridgehead atoms. The van der Waals surface area contributed by atoms with Crippen molar-refractivity contribution in [2.75, 3.05) is 0 Å². The van der Waals surface area contributed by atoms with Gasteiger partial charge in [-0.05, 0) is 53.9 Å². The molecule has 0 fully saturated rings. The van der Waals surface area contributed by atoms with Crippen LogP contribution >= 0.6 is 0 Å². The second kappa shape index (κ2) is 7.33. The summed E-state index contributed by atoms with van der Waals surface area (Å²) in [6, 6.07) is 23.0. The number of para-hydroxylation sites is 1. The van der Waals surface area contributed by atoms with Crippen molar-refractivity contribution >= 4 is 6.16 Å². The van der Waals surface area contributed by atoms with Crippen LogP contribution in [0.15, 0.2) is 78.9 Å². The molecule has 1 N–H and O–H groups in total. The zero-order valence-electron chi connectivity index (χ0n) is 12.9. The molecule has 3 aromatic rings. The summed E-state index contributed by atoms with van der Waals surface area (Å²) in [6.45, 7) is 0. The molecule has 0 saturated heterocycles. The van der Waals surface area contributed by atoms with E-state index in [-0.39, 0.29) is 5.75 Å². The number of aromatic hydroxyl groups is 1. The summed E-state index contributed by atoms with van der Waals surface area (Å²) in [5.41, 5.74) is 2.16. The molecule has 0 aliphatic rings. The predicted octanol–water partition coefficient (Wildman–Crippen LogP) is 4.56. The van der Waals surface area contributed by atoms with Crippen molar-refractivity contribution in [2.24, 2.45) is 0 Å². The molecule has 3 aromatic carbocycles. The van der Waals surface area contributed by atoms with Gasteiger partial charge in [-0.3, -0.25) is 0 Å². The normalized spacial score (nSPS) is 10.2.